The number of rotatable bonds is 4. The number of halogens is 1. The van der Waals surface area contributed by atoms with E-state index >= 15 is 0 Å². The molecule has 0 N–H and O–H groups in total. The fraction of sp³-hybridized carbons (Fsp3) is 0.562. The van der Waals surface area contributed by atoms with E-state index < -0.39 is 0 Å². The summed E-state index contributed by atoms with van der Waals surface area (Å²) in [6.07, 6.45) is 2.88. The largest absolute Gasteiger partial charge is 0.375 e. The Balaban J connectivity index is 1.81. The first kappa shape index (κ1) is 15.3. The van der Waals surface area contributed by atoms with Gasteiger partial charge in [0, 0.05) is 18.1 Å². The van der Waals surface area contributed by atoms with E-state index in [4.69, 9.17) is 16.3 Å². The zero-order chi connectivity index (χ0) is 14.5. The molecule has 1 heterocycles. The summed E-state index contributed by atoms with van der Waals surface area (Å²) in [6.45, 7) is 5.70. The molecule has 0 unspecified atom stereocenters. The van der Waals surface area contributed by atoms with E-state index in [1.165, 1.54) is 0 Å². The monoisotopic (exact) mass is 295 g/mol. The average molecular weight is 296 g/mol. The van der Waals surface area contributed by atoms with E-state index in [0.717, 1.165) is 31.5 Å². The standard InChI is InChI=1S/C16H22ClNO2/c1-12(2)20-15-7-9-18(10-8-15)16(19)11-13-3-5-14(17)6-4-13/h3-6,12,15H,7-11H2,1-2H3. The highest BCUT2D eigenvalue weighted by atomic mass is 35.5. The molecular weight excluding hydrogens is 274 g/mol. The van der Waals surface area contributed by atoms with Gasteiger partial charge in [-0.15, -0.1) is 0 Å². The lowest BCUT2D eigenvalue weighted by molar-refractivity contribution is -0.133. The molecule has 3 nitrogen and oxygen atoms in total. The van der Waals surface area contributed by atoms with E-state index in [2.05, 4.69) is 13.8 Å². The second-order valence-corrected chi connectivity index (χ2v) is 6.00. The van der Waals surface area contributed by atoms with Crippen molar-refractivity contribution in [3.05, 3.63) is 34.9 Å². The first-order valence-electron chi connectivity index (χ1n) is 7.22. The Bertz CT molecular complexity index is 436. The van der Waals surface area contributed by atoms with Gasteiger partial charge in [-0.1, -0.05) is 23.7 Å². The molecule has 1 aliphatic heterocycles. The molecule has 1 aliphatic rings. The summed E-state index contributed by atoms with van der Waals surface area (Å²) in [5.74, 6) is 0.190. The number of benzene rings is 1. The summed E-state index contributed by atoms with van der Waals surface area (Å²) in [5.41, 5.74) is 1.01. The highest BCUT2D eigenvalue weighted by Crippen LogP contribution is 2.17. The minimum Gasteiger partial charge on any atom is -0.375 e. The van der Waals surface area contributed by atoms with Gasteiger partial charge in [0.1, 0.15) is 0 Å². The Hall–Kier alpha value is -1.06. The van der Waals surface area contributed by atoms with Gasteiger partial charge in [-0.3, -0.25) is 4.79 Å². The number of ether oxygens (including phenoxy) is 1. The lowest BCUT2D eigenvalue weighted by Crippen LogP contribution is -2.42. The van der Waals surface area contributed by atoms with Crippen LogP contribution in [0.5, 0.6) is 0 Å². The summed E-state index contributed by atoms with van der Waals surface area (Å²) >= 11 is 5.85. The van der Waals surface area contributed by atoms with E-state index in [-0.39, 0.29) is 12.0 Å². The van der Waals surface area contributed by atoms with Crippen LogP contribution < -0.4 is 0 Å². The molecule has 0 aromatic heterocycles. The van der Waals surface area contributed by atoms with Gasteiger partial charge in [0.2, 0.25) is 5.91 Å². The summed E-state index contributed by atoms with van der Waals surface area (Å²) < 4.78 is 5.80. The van der Waals surface area contributed by atoms with Gasteiger partial charge in [-0.25, -0.2) is 0 Å². The van der Waals surface area contributed by atoms with Gasteiger partial charge < -0.3 is 9.64 Å². The fourth-order valence-electron chi connectivity index (χ4n) is 2.51. The third kappa shape index (κ3) is 4.50. The zero-order valence-corrected chi connectivity index (χ0v) is 12.9. The number of carbonyl (C=O) groups is 1. The van der Waals surface area contributed by atoms with Crippen molar-refractivity contribution in [1.82, 2.24) is 4.90 Å². The Morgan fingerprint density at radius 3 is 2.45 bits per heavy atom. The highest BCUT2D eigenvalue weighted by molar-refractivity contribution is 6.30. The number of likely N-dealkylation sites (tertiary alicyclic amines) is 1. The molecule has 4 heteroatoms. The Labute approximate surface area is 125 Å². The van der Waals surface area contributed by atoms with Gasteiger partial charge >= 0.3 is 0 Å². The average Bonchev–Trinajstić information content (AvgIpc) is 2.41. The first-order valence-corrected chi connectivity index (χ1v) is 7.60. The van der Waals surface area contributed by atoms with Crippen molar-refractivity contribution in [2.75, 3.05) is 13.1 Å². The van der Waals surface area contributed by atoms with E-state index in [1.54, 1.807) is 0 Å². The number of hydrogen-bond acceptors (Lipinski definition) is 2. The predicted molar refractivity (Wildman–Crippen MR) is 81.0 cm³/mol. The Morgan fingerprint density at radius 2 is 1.90 bits per heavy atom. The molecule has 1 aromatic rings. The van der Waals surface area contributed by atoms with Gasteiger partial charge in [0.05, 0.1) is 18.6 Å². The molecule has 1 fully saturated rings. The number of hydrogen-bond donors (Lipinski definition) is 0. The van der Waals surface area contributed by atoms with Crippen LogP contribution in [0.3, 0.4) is 0 Å². The molecule has 0 saturated carbocycles. The molecule has 20 heavy (non-hydrogen) atoms. The second kappa shape index (κ2) is 7.09. The Morgan fingerprint density at radius 1 is 1.30 bits per heavy atom. The minimum absolute atomic E-state index is 0.190. The molecular formula is C16H22ClNO2. The van der Waals surface area contributed by atoms with Gasteiger partial charge in [0.15, 0.2) is 0 Å². The summed E-state index contributed by atoms with van der Waals surface area (Å²) in [7, 11) is 0. The zero-order valence-electron chi connectivity index (χ0n) is 12.1. The van der Waals surface area contributed by atoms with Crippen LogP contribution in [-0.4, -0.2) is 36.1 Å². The van der Waals surface area contributed by atoms with Crippen molar-refractivity contribution >= 4 is 17.5 Å². The van der Waals surface area contributed by atoms with Crippen LogP contribution in [0.2, 0.25) is 5.02 Å². The topological polar surface area (TPSA) is 29.5 Å². The van der Waals surface area contributed by atoms with Crippen LogP contribution in [0.4, 0.5) is 0 Å². The SMILES string of the molecule is CC(C)OC1CCN(C(=O)Cc2ccc(Cl)cc2)CC1. The van der Waals surface area contributed by atoms with Crippen LogP contribution in [0, 0.1) is 0 Å². The third-order valence-electron chi connectivity index (χ3n) is 3.53. The molecule has 1 saturated heterocycles. The van der Waals surface area contributed by atoms with Crippen LogP contribution in [0.1, 0.15) is 32.3 Å². The molecule has 1 aromatic carbocycles. The molecule has 0 aliphatic carbocycles. The first-order chi connectivity index (χ1) is 9.54. The van der Waals surface area contributed by atoms with Crippen molar-refractivity contribution < 1.29 is 9.53 Å². The number of nitrogens with zero attached hydrogens (tertiary/aromatic N) is 1. The summed E-state index contributed by atoms with van der Waals surface area (Å²) in [6, 6.07) is 7.48. The second-order valence-electron chi connectivity index (χ2n) is 5.57. The Kier molecular flexibility index (Phi) is 5.44. The fourth-order valence-corrected chi connectivity index (χ4v) is 2.64. The third-order valence-corrected chi connectivity index (χ3v) is 3.78. The van der Waals surface area contributed by atoms with Crippen LogP contribution in [-0.2, 0) is 16.0 Å². The quantitative estimate of drug-likeness (QED) is 0.853. The lowest BCUT2D eigenvalue weighted by atomic mass is 10.1. The molecule has 0 spiro atoms. The molecule has 110 valence electrons. The summed E-state index contributed by atoms with van der Waals surface area (Å²) in [5, 5.41) is 0.702. The molecule has 2 rings (SSSR count). The van der Waals surface area contributed by atoms with Crippen molar-refractivity contribution in [3.8, 4) is 0 Å². The molecule has 0 bridgehead atoms. The lowest BCUT2D eigenvalue weighted by Gasteiger charge is -2.33. The number of piperidine rings is 1. The normalized spacial score (nSPS) is 16.7. The van der Waals surface area contributed by atoms with Crippen molar-refractivity contribution in [2.45, 2.75) is 45.3 Å². The van der Waals surface area contributed by atoms with Crippen LogP contribution in [0.25, 0.3) is 0 Å². The van der Waals surface area contributed by atoms with E-state index in [1.807, 2.05) is 29.2 Å². The summed E-state index contributed by atoms with van der Waals surface area (Å²) in [4.78, 5) is 14.2. The predicted octanol–water partition coefficient (Wildman–Crippen LogP) is 3.30. The smallest absolute Gasteiger partial charge is 0.226 e. The van der Waals surface area contributed by atoms with E-state index in [0.29, 0.717) is 17.5 Å². The van der Waals surface area contributed by atoms with Gasteiger partial charge in [0.25, 0.3) is 0 Å². The maximum atomic E-state index is 12.2. The molecule has 0 radical (unpaired) electrons. The van der Waals surface area contributed by atoms with Crippen molar-refractivity contribution in [2.24, 2.45) is 0 Å². The molecule has 1 amide bonds. The van der Waals surface area contributed by atoms with Crippen molar-refractivity contribution in [1.29, 1.82) is 0 Å². The highest BCUT2D eigenvalue weighted by Gasteiger charge is 2.23. The minimum atomic E-state index is 0.190. The van der Waals surface area contributed by atoms with Crippen LogP contribution in [0.15, 0.2) is 24.3 Å². The number of carbonyl (C=O) groups excluding carboxylic acids is 1. The molecule has 0 atom stereocenters. The van der Waals surface area contributed by atoms with Crippen molar-refractivity contribution in [3.63, 3.8) is 0 Å². The van der Waals surface area contributed by atoms with E-state index in [9.17, 15) is 4.79 Å². The maximum absolute atomic E-state index is 12.2. The van der Waals surface area contributed by atoms with Crippen LogP contribution >= 0.6 is 11.6 Å². The van der Waals surface area contributed by atoms with Gasteiger partial charge in [-0.05, 0) is 44.4 Å². The van der Waals surface area contributed by atoms with Gasteiger partial charge in [-0.2, -0.15) is 0 Å². The number of amides is 1. The maximum Gasteiger partial charge on any atom is 0.226 e.